The Morgan fingerprint density at radius 3 is 2.65 bits per heavy atom. The summed E-state index contributed by atoms with van der Waals surface area (Å²) in [5.74, 6) is 2.05. The molecular weight excluding hydrogens is 456 g/mol. The number of benzene rings is 2. The van der Waals surface area contributed by atoms with Crippen molar-refractivity contribution < 1.29 is 4.79 Å². The van der Waals surface area contributed by atoms with Crippen LogP contribution in [0.4, 0.5) is 5.69 Å². The van der Waals surface area contributed by atoms with Crippen LogP contribution in [0.1, 0.15) is 61.6 Å². The molecule has 4 fully saturated rings. The Kier molecular flexibility index (Phi) is 5.99. The number of para-hydroxylation sites is 1. The van der Waals surface area contributed by atoms with Crippen LogP contribution in [0.5, 0.6) is 0 Å². The Balaban J connectivity index is 0.966. The molecular formula is C32H40N4O. The van der Waals surface area contributed by atoms with Gasteiger partial charge in [-0.3, -0.25) is 20.5 Å². The normalized spacial score (nSPS) is 35.3. The number of amides is 1. The SMILES string of the molecule is CN1C(=O)[C@@]2(CC2C2CCC3C(/C=C/c4ccc(CN5CCCCC5)cc4)NNC3C2)c2ccccc21. The lowest BCUT2D eigenvalue weighted by Crippen LogP contribution is -2.38. The molecule has 194 valence electrons. The molecule has 5 aliphatic rings. The minimum absolute atomic E-state index is 0.242. The molecule has 2 aromatic rings. The summed E-state index contributed by atoms with van der Waals surface area (Å²) >= 11 is 0. The highest BCUT2D eigenvalue weighted by molar-refractivity contribution is 6.10. The summed E-state index contributed by atoms with van der Waals surface area (Å²) in [5, 5.41) is 0. The van der Waals surface area contributed by atoms with E-state index in [2.05, 4.69) is 76.4 Å². The minimum atomic E-state index is -0.242. The summed E-state index contributed by atoms with van der Waals surface area (Å²) in [6.45, 7) is 3.57. The van der Waals surface area contributed by atoms with Crippen LogP contribution in [0.15, 0.2) is 54.6 Å². The van der Waals surface area contributed by atoms with Gasteiger partial charge in [0.25, 0.3) is 0 Å². The van der Waals surface area contributed by atoms with Crippen LogP contribution < -0.4 is 15.8 Å². The third-order valence-electron chi connectivity index (χ3n) is 10.2. The first-order chi connectivity index (χ1) is 18.1. The summed E-state index contributed by atoms with van der Waals surface area (Å²) in [7, 11) is 1.95. The molecule has 2 aliphatic carbocycles. The summed E-state index contributed by atoms with van der Waals surface area (Å²) in [4.78, 5) is 17.8. The summed E-state index contributed by atoms with van der Waals surface area (Å²) in [6, 6.07) is 18.4. The van der Waals surface area contributed by atoms with Crippen LogP contribution in [0.3, 0.4) is 0 Å². The monoisotopic (exact) mass is 496 g/mol. The Labute approximate surface area is 221 Å². The van der Waals surface area contributed by atoms with Crippen molar-refractivity contribution in [3.05, 3.63) is 71.3 Å². The predicted molar refractivity (Wildman–Crippen MR) is 149 cm³/mol. The Bertz CT molecular complexity index is 1190. The second-order valence-corrected chi connectivity index (χ2v) is 12.3. The molecule has 5 unspecified atom stereocenters. The van der Waals surface area contributed by atoms with Crippen molar-refractivity contribution in [1.29, 1.82) is 0 Å². The fourth-order valence-corrected chi connectivity index (χ4v) is 8.09. The van der Waals surface area contributed by atoms with Crippen LogP contribution in [-0.2, 0) is 16.8 Å². The van der Waals surface area contributed by atoms with Crippen molar-refractivity contribution in [2.24, 2.45) is 17.8 Å². The van der Waals surface area contributed by atoms with Crippen LogP contribution in [0, 0.1) is 17.8 Å². The lowest BCUT2D eigenvalue weighted by molar-refractivity contribution is -0.120. The van der Waals surface area contributed by atoms with Crippen molar-refractivity contribution in [2.75, 3.05) is 25.0 Å². The van der Waals surface area contributed by atoms with Gasteiger partial charge in [-0.05, 0) is 92.1 Å². The Hall–Kier alpha value is -2.47. The van der Waals surface area contributed by atoms with E-state index in [0.717, 1.165) is 18.7 Å². The van der Waals surface area contributed by atoms with Gasteiger partial charge in [-0.1, -0.05) is 61.0 Å². The molecule has 3 aliphatic heterocycles. The van der Waals surface area contributed by atoms with Crippen LogP contribution in [0.25, 0.3) is 6.08 Å². The molecule has 2 saturated carbocycles. The van der Waals surface area contributed by atoms with Gasteiger partial charge in [0.2, 0.25) is 5.91 Å². The molecule has 6 atom stereocenters. The average molecular weight is 497 g/mol. The highest BCUT2D eigenvalue weighted by atomic mass is 16.2. The molecule has 2 N–H and O–H groups in total. The largest absolute Gasteiger partial charge is 0.314 e. The van der Waals surface area contributed by atoms with Gasteiger partial charge in [-0.25, -0.2) is 0 Å². The van der Waals surface area contributed by atoms with E-state index < -0.39 is 0 Å². The van der Waals surface area contributed by atoms with Crippen molar-refractivity contribution in [3.8, 4) is 0 Å². The number of rotatable bonds is 5. The number of fused-ring (bicyclic) bond motifs is 3. The molecule has 7 rings (SSSR count). The number of hydrogen-bond donors (Lipinski definition) is 2. The van der Waals surface area contributed by atoms with Gasteiger partial charge in [-0.15, -0.1) is 0 Å². The number of hydrazine groups is 1. The first-order valence-corrected chi connectivity index (χ1v) is 14.5. The van der Waals surface area contributed by atoms with Gasteiger partial charge >= 0.3 is 0 Å². The van der Waals surface area contributed by atoms with Crippen molar-refractivity contribution >= 4 is 17.7 Å². The van der Waals surface area contributed by atoms with E-state index >= 15 is 0 Å². The number of nitrogens with one attached hydrogen (secondary N) is 2. The average Bonchev–Trinajstić information content (AvgIpc) is 3.52. The van der Waals surface area contributed by atoms with E-state index in [1.807, 2.05) is 11.9 Å². The lowest BCUT2D eigenvalue weighted by Gasteiger charge is -2.33. The summed E-state index contributed by atoms with van der Waals surface area (Å²) < 4.78 is 0. The number of likely N-dealkylation sites (tertiary alicyclic amines) is 1. The standard InChI is InChI=1S/C32H40N4O/c1-35-30-8-4-3-7-26(30)32(31(35)37)20-27(32)24-14-15-25-28(33-34-29(25)19-24)16-13-22-9-11-23(12-10-22)21-36-17-5-2-6-18-36/h3-4,7-13,16,24-25,27-29,33-34H,2,5-6,14-15,17-21H2,1H3/b16-13+/t24?,25?,27?,28?,29?,32-/m0/s1. The maximum atomic E-state index is 13.3. The number of carbonyl (C=O) groups is 1. The number of likely N-dealkylation sites (N-methyl/N-ethyl adjacent to an activating group) is 1. The third-order valence-corrected chi connectivity index (χ3v) is 10.2. The van der Waals surface area contributed by atoms with Gasteiger partial charge in [0.05, 0.1) is 5.41 Å². The van der Waals surface area contributed by atoms with E-state index in [9.17, 15) is 4.79 Å². The first-order valence-electron chi connectivity index (χ1n) is 14.5. The second-order valence-electron chi connectivity index (χ2n) is 12.3. The van der Waals surface area contributed by atoms with Gasteiger partial charge in [0, 0.05) is 31.4 Å². The zero-order valence-electron chi connectivity index (χ0n) is 22.0. The Morgan fingerprint density at radius 1 is 1.00 bits per heavy atom. The molecule has 1 spiro atoms. The zero-order valence-corrected chi connectivity index (χ0v) is 22.0. The predicted octanol–water partition coefficient (Wildman–Crippen LogP) is 4.88. The zero-order chi connectivity index (χ0) is 25.0. The third kappa shape index (κ3) is 4.07. The molecule has 5 nitrogen and oxygen atoms in total. The number of nitrogens with zero attached hydrogens (tertiary/aromatic N) is 2. The lowest BCUT2D eigenvalue weighted by atomic mass is 9.73. The van der Waals surface area contributed by atoms with Gasteiger partial charge in [0.1, 0.15) is 0 Å². The summed E-state index contributed by atoms with van der Waals surface area (Å²) in [5.41, 5.74) is 12.1. The number of piperidine rings is 1. The molecule has 1 amide bonds. The fraction of sp³-hybridized carbons (Fsp3) is 0.531. The molecule has 0 aromatic heterocycles. The van der Waals surface area contributed by atoms with Gasteiger partial charge in [-0.2, -0.15) is 0 Å². The number of hydrogen-bond acceptors (Lipinski definition) is 4. The first kappa shape index (κ1) is 23.6. The van der Waals surface area contributed by atoms with Crippen LogP contribution >= 0.6 is 0 Å². The number of anilines is 1. The molecule has 37 heavy (non-hydrogen) atoms. The maximum Gasteiger partial charge on any atom is 0.237 e. The topological polar surface area (TPSA) is 47.6 Å². The second kappa shape index (κ2) is 9.37. The van der Waals surface area contributed by atoms with E-state index in [0.29, 0.717) is 35.7 Å². The molecule has 3 heterocycles. The van der Waals surface area contributed by atoms with Crippen molar-refractivity contribution in [2.45, 2.75) is 69.0 Å². The van der Waals surface area contributed by atoms with Crippen molar-refractivity contribution in [3.63, 3.8) is 0 Å². The van der Waals surface area contributed by atoms with Crippen LogP contribution in [0.2, 0.25) is 0 Å². The van der Waals surface area contributed by atoms with Crippen LogP contribution in [-0.4, -0.2) is 43.0 Å². The highest BCUT2D eigenvalue weighted by Gasteiger charge is 2.68. The molecule has 0 bridgehead atoms. The summed E-state index contributed by atoms with van der Waals surface area (Å²) in [6.07, 6.45) is 13.4. The van der Waals surface area contributed by atoms with E-state index in [1.54, 1.807) is 0 Å². The van der Waals surface area contributed by atoms with E-state index in [1.165, 1.54) is 68.3 Å². The number of carbonyl (C=O) groups excluding carboxylic acids is 1. The van der Waals surface area contributed by atoms with E-state index in [-0.39, 0.29) is 5.41 Å². The fourth-order valence-electron chi connectivity index (χ4n) is 8.09. The molecule has 5 heteroatoms. The minimum Gasteiger partial charge on any atom is -0.314 e. The van der Waals surface area contributed by atoms with Gasteiger partial charge in [0.15, 0.2) is 0 Å². The Morgan fingerprint density at radius 2 is 1.81 bits per heavy atom. The smallest absolute Gasteiger partial charge is 0.237 e. The molecule has 2 saturated heterocycles. The maximum absolute atomic E-state index is 13.3. The van der Waals surface area contributed by atoms with Crippen molar-refractivity contribution in [1.82, 2.24) is 15.8 Å². The van der Waals surface area contributed by atoms with E-state index in [4.69, 9.17) is 0 Å². The highest BCUT2D eigenvalue weighted by Crippen LogP contribution is 2.66. The van der Waals surface area contributed by atoms with Gasteiger partial charge < -0.3 is 4.90 Å². The molecule has 0 radical (unpaired) electrons. The quantitative estimate of drug-likeness (QED) is 0.619. The molecule has 2 aromatic carbocycles.